The van der Waals surface area contributed by atoms with Gasteiger partial charge < -0.3 is 5.32 Å². The average Bonchev–Trinajstić information content (AvgIpc) is 2.17. The van der Waals surface area contributed by atoms with Crippen molar-refractivity contribution in [1.82, 2.24) is 5.32 Å². The summed E-state index contributed by atoms with van der Waals surface area (Å²) in [6.45, 7) is 2.59. The zero-order valence-electron chi connectivity index (χ0n) is 8.38. The number of hydrogen-bond donors (Lipinski definition) is 1. The fourth-order valence-corrected chi connectivity index (χ4v) is 1.52. The molecule has 0 aliphatic rings. The number of ketones is 1. The molecule has 2 nitrogen and oxygen atoms in total. The van der Waals surface area contributed by atoms with Crippen LogP contribution in [0.4, 0.5) is 0 Å². The molecule has 0 aromatic heterocycles. The van der Waals surface area contributed by atoms with Gasteiger partial charge in [0.1, 0.15) is 0 Å². The van der Waals surface area contributed by atoms with Crippen molar-refractivity contribution >= 4 is 17.4 Å². The van der Waals surface area contributed by atoms with Crippen LogP contribution in [0.3, 0.4) is 0 Å². The highest BCUT2D eigenvalue weighted by molar-refractivity contribution is 6.31. The first kappa shape index (κ1) is 11.2. The summed E-state index contributed by atoms with van der Waals surface area (Å²) in [7, 11) is 1.84. The van der Waals surface area contributed by atoms with Crippen LogP contribution in [0.15, 0.2) is 24.3 Å². The van der Waals surface area contributed by atoms with Crippen LogP contribution in [0.2, 0.25) is 5.02 Å². The summed E-state index contributed by atoms with van der Waals surface area (Å²) in [6, 6.07) is 7.05. The molecule has 0 saturated carbocycles. The third-order valence-electron chi connectivity index (χ3n) is 2.07. The van der Waals surface area contributed by atoms with Crippen molar-refractivity contribution in [2.24, 2.45) is 5.92 Å². The van der Waals surface area contributed by atoms with Gasteiger partial charge in [-0.3, -0.25) is 4.79 Å². The summed E-state index contributed by atoms with van der Waals surface area (Å²) < 4.78 is 0. The number of rotatable bonds is 4. The molecular formula is C11H14ClNO. The van der Waals surface area contributed by atoms with Gasteiger partial charge in [0, 0.05) is 23.0 Å². The van der Waals surface area contributed by atoms with E-state index in [0.29, 0.717) is 17.1 Å². The smallest absolute Gasteiger partial charge is 0.166 e. The maximum atomic E-state index is 11.8. The predicted octanol–water partition coefficient (Wildman–Crippen LogP) is 2.38. The van der Waals surface area contributed by atoms with E-state index in [1.807, 2.05) is 14.0 Å². The minimum atomic E-state index is -0.0153. The van der Waals surface area contributed by atoms with Gasteiger partial charge in [-0.1, -0.05) is 30.7 Å². The monoisotopic (exact) mass is 211 g/mol. The quantitative estimate of drug-likeness (QED) is 0.775. The second kappa shape index (κ2) is 5.13. The Bertz CT molecular complexity index is 325. The van der Waals surface area contributed by atoms with Crippen LogP contribution in [-0.4, -0.2) is 19.4 Å². The lowest BCUT2D eigenvalue weighted by atomic mass is 9.99. The highest BCUT2D eigenvalue weighted by Gasteiger charge is 2.13. The fraction of sp³-hybridized carbons (Fsp3) is 0.364. The lowest BCUT2D eigenvalue weighted by Crippen LogP contribution is -2.23. The largest absolute Gasteiger partial charge is 0.319 e. The number of Topliss-reactive ketones (excluding diaryl/α,β-unsaturated/α-hetero) is 1. The Morgan fingerprint density at radius 2 is 2.29 bits per heavy atom. The van der Waals surface area contributed by atoms with Gasteiger partial charge in [-0.05, 0) is 19.2 Å². The van der Waals surface area contributed by atoms with Crippen LogP contribution in [-0.2, 0) is 0 Å². The van der Waals surface area contributed by atoms with E-state index in [4.69, 9.17) is 11.6 Å². The van der Waals surface area contributed by atoms with Gasteiger partial charge in [0.05, 0.1) is 0 Å². The zero-order valence-corrected chi connectivity index (χ0v) is 9.14. The molecule has 14 heavy (non-hydrogen) atoms. The van der Waals surface area contributed by atoms with E-state index < -0.39 is 0 Å². The third kappa shape index (κ3) is 2.82. The molecule has 0 amide bonds. The highest BCUT2D eigenvalue weighted by atomic mass is 35.5. The molecule has 76 valence electrons. The van der Waals surface area contributed by atoms with Crippen LogP contribution in [0, 0.1) is 5.92 Å². The van der Waals surface area contributed by atoms with Gasteiger partial charge >= 0.3 is 0 Å². The van der Waals surface area contributed by atoms with Gasteiger partial charge in [0.25, 0.3) is 0 Å². The molecule has 0 fully saturated rings. The van der Waals surface area contributed by atoms with Gasteiger partial charge in [0.15, 0.2) is 5.78 Å². The third-order valence-corrected chi connectivity index (χ3v) is 2.30. The topological polar surface area (TPSA) is 29.1 Å². The lowest BCUT2D eigenvalue weighted by molar-refractivity contribution is 0.0930. The van der Waals surface area contributed by atoms with Crippen LogP contribution in [0.5, 0.6) is 0 Å². The molecule has 1 N–H and O–H groups in total. The molecule has 0 saturated heterocycles. The Morgan fingerprint density at radius 1 is 1.57 bits per heavy atom. The van der Waals surface area contributed by atoms with E-state index in [2.05, 4.69) is 5.32 Å². The second-order valence-corrected chi connectivity index (χ2v) is 3.77. The zero-order chi connectivity index (χ0) is 10.6. The van der Waals surface area contributed by atoms with E-state index in [1.165, 1.54) is 0 Å². The van der Waals surface area contributed by atoms with Gasteiger partial charge in [-0.15, -0.1) is 0 Å². The Kier molecular flexibility index (Phi) is 4.11. The van der Waals surface area contributed by atoms with E-state index in [1.54, 1.807) is 24.3 Å². The highest BCUT2D eigenvalue weighted by Crippen LogP contribution is 2.14. The number of carbonyl (C=O) groups excluding carboxylic acids is 1. The van der Waals surface area contributed by atoms with Crippen LogP contribution >= 0.6 is 11.6 Å². The van der Waals surface area contributed by atoms with Gasteiger partial charge in [-0.2, -0.15) is 0 Å². The molecule has 3 heteroatoms. The van der Waals surface area contributed by atoms with E-state index in [-0.39, 0.29) is 11.7 Å². The maximum absolute atomic E-state index is 11.8. The summed E-state index contributed by atoms with van der Waals surface area (Å²) in [5, 5.41) is 3.58. The van der Waals surface area contributed by atoms with Crippen molar-refractivity contribution < 1.29 is 4.79 Å². The first-order valence-corrected chi connectivity index (χ1v) is 4.97. The van der Waals surface area contributed by atoms with Crippen LogP contribution in [0.1, 0.15) is 17.3 Å². The molecule has 1 atom stereocenters. The number of hydrogen-bond acceptors (Lipinski definition) is 2. The summed E-state index contributed by atoms with van der Waals surface area (Å²) in [5.74, 6) is 0.111. The molecule has 0 radical (unpaired) electrons. The SMILES string of the molecule is CNCC(C)C(=O)c1cccc(Cl)c1. The average molecular weight is 212 g/mol. The van der Waals surface area contributed by atoms with Crippen molar-refractivity contribution in [3.05, 3.63) is 34.9 Å². The fourth-order valence-electron chi connectivity index (χ4n) is 1.33. The van der Waals surface area contributed by atoms with Crippen molar-refractivity contribution in [3.8, 4) is 0 Å². The van der Waals surface area contributed by atoms with Crippen molar-refractivity contribution in [1.29, 1.82) is 0 Å². The molecule has 0 bridgehead atoms. The van der Waals surface area contributed by atoms with Crippen molar-refractivity contribution in [2.45, 2.75) is 6.92 Å². The minimum Gasteiger partial charge on any atom is -0.319 e. The molecule has 1 aromatic carbocycles. The number of halogens is 1. The Labute approximate surface area is 89.3 Å². The number of carbonyl (C=O) groups is 1. The number of nitrogens with one attached hydrogen (secondary N) is 1. The van der Waals surface area contributed by atoms with E-state index in [0.717, 1.165) is 0 Å². The maximum Gasteiger partial charge on any atom is 0.166 e. The molecule has 0 aliphatic carbocycles. The van der Waals surface area contributed by atoms with Crippen molar-refractivity contribution in [3.63, 3.8) is 0 Å². The normalized spacial score (nSPS) is 12.5. The van der Waals surface area contributed by atoms with Gasteiger partial charge in [-0.25, -0.2) is 0 Å². The first-order valence-electron chi connectivity index (χ1n) is 4.59. The van der Waals surface area contributed by atoms with Crippen LogP contribution < -0.4 is 5.32 Å². The van der Waals surface area contributed by atoms with Crippen molar-refractivity contribution in [2.75, 3.05) is 13.6 Å². The Morgan fingerprint density at radius 3 is 2.86 bits per heavy atom. The second-order valence-electron chi connectivity index (χ2n) is 3.33. The van der Waals surface area contributed by atoms with E-state index >= 15 is 0 Å². The lowest BCUT2D eigenvalue weighted by Gasteiger charge is -2.09. The summed E-state index contributed by atoms with van der Waals surface area (Å²) >= 11 is 5.80. The molecule has 0 heterocycles. The van der Waals surface area contributed by atoms with Gasteiger partial charge in [0.2, 0.25) is 0 Å². The molecule has 0 spiro atoms. The Hall–Kier alpha value is -0.860. The predicted molar refractivity (Wildman–Crippen MR) is 58.9 cm³/mol. The summed E-state index contributed by atoms with van der Waals surface area (Å²) in [4.78, 5) is 11.8. The summed E-state index contributed by atoms with van der Waals surface area (Å²) in [6.07, 6.45) is 0. The minimum absolute atomic E-state index is 0.0153. The standard InChI is InChI=1S/C11H14ClNO/c1-8(7-13-2)11(14)9-4-3-5-10(12)6-9/h3-6,8,13H,7H2,1-2H3. The van der Waals surface area contributed by atoms with E-state index in [9.17, 15) is 4.79 Å². The first-order chi connectivity index (χ1) is 6.65. The molecule has 1 rings (SSSR count). The molecule has 1 unspecified atom stereocenters. The molecule has 1 aromatic rings. The molecule has 0 aliphatic heterocycles. The summed E-state index contributed by atoms with van der Waals surface area (Å²) in [5.41, 5.74) is 0.681. The molecular weight excluding hydrogens is 198 g/mol. The Balaban J connectivity index is 2.78. The number of benzene rings is 1. The van der Waals surface area contributed by atoms with Crippen LogP contribution in [0.25, 0.3) is 0 Å².